The minimum Gasteiger partial charge on any atom is -0.313 e. The van der Waals surface area contributed by atoms with Gasteiger partial charge >= 0.3 is 0 Å². The van der Waals surface area contributed by atoms with Crippen LogP contribution in [0.5, 0.6) is 0 Å². The van der Waals surface area contributed by atoms with Crippen LogP contribution < -0.4 is 5.32 Å². The molecule has 1 aromatic rings. The van der Waals surface area contributed by atoms with E-state index >= 15 is 0 Å². The molecule has 3 heteroatoms. The first-order valence-corrected chi connectivity index (χ1v) is 6.29. The summed E-state index contributed by atoms with van der Waals surface area (Å²) in [6, 6.07) is 0.916. The van der Waals surface area contributed by atoms with Crippen LogP contribution in [0.2, 0.25) is 0 Å². The molecule has 0 spiro atoms. The molecule has 3 nitrogen and oxygen atoms in total. The molecule has 0 aliphatic heterocycles. The molecular formula is C13H25N3. The highest BCUT2D eigenvalue weighted by Crippen LogP contribution is 2.26. The zero-order valence-corrected chi connectivity index (χ0v) is 11.5. The molecule has 0 amide bonds. The highest BCUT2D eigenvalue weighted by molar-refractivity contribution is 5.28. The van der Waals surface area contributed by atoms with Gasteiger partial charge < -0.3 is 5.32 Å². The average molecular weight is 223 g/mol. The molecule has 0 saturated heterocycles. The Morgan fingerprint density at radius 1 is 1.25 bits per heavy atom. The summed E-state index contributed by atoms with van der Waals surface area (Å²) in [5.74, 6) is 0. The Morgan fingerprint density at radius 2 is 1.88 bits per heavy atom. The number of nitrogens with one attached hydrogen (secondary N) is 1. The van der Waals surface area contributed by atoms with Gasteiger partial charge in [0, 0.05) is 23.3 Å². The molecule has 1 heterocycles. The summed E-state index contributed by atoms with van der Waals surface area (Å²) in [5, 5.41) is 8.04. The largest absolute Gasteiger partial charge is 0.313 e. The van der Waals surface area contributed by atoms with Crippen molar-refractivity contribution in [3.05, 3.63) is 17.0 Å². The van der Waals surface area contributed by atoms with Crippen molar-refractivity contribution in [2.75, 3.05) is 7.05 Å². The molecule has 1 N–H and O–H groups in total. The Kier molecular flexibility index (Phi) is 4.54. The number of hydrogen-bond acceptors (Lipinski definition) is 2. The lowest BCUT2D eigenvalue weighted by Gasteiger charge is -2.16. The zero-order chi connectivity index (χ0) is 12.3. The van der Waals surface area contributed by atoms with Gasteiger partial charge in [0.05, 0.1) is 5.69 Å². The van der Waals surface area contributed by atoms with Crippen molar-refractivity contribution in [1.82, 2.24) is 15.1 Å². The first-order valence-electron chi connectivity index (χ1n) is 6.29. The molecule has 0 fully saturated rings. The minimum atomic E-state index is 0.429. The van der Waals surface area contributed by atoms with Crippen LogP contribution in [0.1, 0.15) is 62.6 Å². The summed E-state index contributed by atoms with van der Waals surface area (Å²) >= 11 is 0. The highest BCUT2D eigenvalue weighted by Gasteiger charge is 2.19. The summed E-state index contributed by atoms with van der Waals surface area (Å²) in [7, 11) is 2.02. The molecule has 0 saturated carbocycles. The van der Waals surface area contributed by atoms with E-state index in [4.69, 9.17) is 0 Å². The van der Waals surface area contributed by atoms with Crippen molar-refractivity contribution < 1.29 is 0 Å². The molecular weight excluding hydrogens is 198 g/mol. The topological polar surface area (TPSA) is 29.9 Å². The molecule has 1 aromatic heterocycles. The quantitative estimate of drug-likeness (QED) is 0.831. The maximum absolute atomic E-state index is 4.67. The lowest BCUT2D eigenvalue weighted by atomic mass is 10.0. The van der Waals surface area contributed by atoms with Crippen LogP contribution >= 0.6 is 0 Å². The third kappa shape index (κ3) is 2.29. The molecule has 2 unspecified atom stereocenters. The molecule has 16 heavy (non-hydrogen) atoms. The number of rotatable bonds is 5. The predicted molar refractivity (Wildman–Crippen MR) is 68.8 cm³/mol. The molecule has 0 aromatic carbocycles. The van der Waals surface area contributed by atoms with Crippen LogP contribution in [0.4, 0.5) is 0 Å². The van der Waals surface area contributed by atoms with E-state index in [0.29, 0.717) is 12.1 Å². The van der Waals surface area contributed by atoms with E-state index in [1.807, 2.05) is 7.05 Å². The second-order valence-corrected chi connectivity index (χ2v) is 4.54. The summed E-state index contributed by atoms with van der Waals surface area (Å²) in [5.41, 5.74) is 3.86. The molecule has 0 radical (unpaired) electrons. The van der Waals surface area contributed by atoms with Crippen LogP contribution in [0.3, 0.4) is 0 Å². The molecule has 2 atom stereocenters. The van der Waals surface area contributed by atoms with Gasteiger partial charge in [0.2, 0.25) is 0 Å². The fourth-order valence-electron chi connectivity index (χ4n) is 2.33. The molecule has 0 aliphatic rings. The van der Waals surface area contributed by atoms with Gasteiger partial charge in [-0.1, -0.05) is 13.8 Å². The van der Waals surface area contributed by atoms with Crippen molar-refractivity contribution >= 4 is 0 Å². The number of nitrogens with zero attached hydrogens (tertiary/aromatic N) is 2. The highest BCUT2D eigenvalue weighted by atomic mass is 15.3. The number of aryl methyl sites for hydroxylation is 1. The van der Waals surface area contributed by atoms with E-state index in [2.05, 4.69) is 49.7 Å². The SMILES string of the molecule is CCC(NC)c1c(C)nn(C(C)CC)c1C. The summed E-state index contributed by atoms with van der Waals surface area (Å²) in [4.78, 5) is 0. The van der Waals surface area contributed by atoms with E-state index in [9.17, 15) is 0 Å². The van der Waals surface area contributed by atoms with Gasteiger partial charge in [-0.25, -0.2) is 0 Å². The van der Waals surface area contributed by atoms with E-state index in [-0.39, 0.29) is 0 Å². The lowest BCUT2D eigenvalue weighted by Crippen LogP contribution is -2.17. The van der Waals surface area contributed by atoms with E-state index in [1.54, 1.807) is 0 Å². The van der Waals surface area contributed by atoms with Crippen molar-refractivity contribution in [1.29, 1.82) is 0 Å². The van der Waals surface area contributed by atoms with Gasteiger partial charge in [0.15, 0.2) is 0 Å². The smallest absolute Gasteiger partial charge is 0.0644 e. The molecule has 92 valence electrons. The van der Waals surface area contributed by atoms with Crippen molar-refractivity contribution in [2.24, 2.45) is 0 Å². The van der Waals surface area contributed by atoms with Gasteiger partial charge in [0.1, 0.15) is 0 Å². The fraction of sp³-hybridized carbons (Fsp3) is 0.769. The second kappa shape index (κ2) is 5.48. The van der Waals surface area contributed by atoms with Gasteiger partial charge in [-0.05, 0) is 40.7 Å². The van der Waals surface area contributed by atoms with Crippen molar-refractivity contribution in [2.45, 2.75) is 59.5 Å². The average Bonchev–Trinajstić information content (AvgIpc) is 2.57. The van der Waals surface area contributed by atoms with Crippen molar-refractivity contribution in [3.63, 3.8) is 0 Å². The van der Waals surface area contributed by atoms with E-state index in [0.717, 1.165) is 12.8 Å². The maximum Gasteiger partial charge on any atom is 0.0644 e. The summed E-state index contributed by atoms with van der Waals surface area (Å²) < 4.78 is 2.17. The third-order valence-electron chi connectivity index (χ3n) is 3.49. The maximum atomic E-state index is 4.67. The lowest BCUT2D eigenvalue weighted by molar-refractivity contribution is 0.463. The fourth-order valence-corrected chi connectivity index (χ4v) is 2.33. The Labute approximate surface area is 99.2 Å². The molecule has 0 bridgehead atoms. The van der Waals surface area contributed by atoms with Crippen molar-refractivity contribution in [3.8, 4) is 0 Å². The molecule has 0 aliphatic carbocycles. The van der Waals surface area contributed by atoms with Gasteiger partial charge in [-0.15, -0.1) is 0 Å². The monoisotopic (exact) mass is 223 g/mol. The number of aromatic nitrogens is 2. The van der Waals surface area contributed by atoms with Crippen LogP contribution in [0, 0.1) is 13.8 Å². The zero-order valence-electron chi connectivity index (χ0n) is 11.5. The Bertz CT molecular complexity index is 337. The standard InChI is InChI=1S/C13H25N3/c1-7-9(3)16-11(5)13(10(4)15-16)12(8-2)14-6/h9,12,14H,7-8H2,1-6H3. The normalized spacial score (nSPS) is 15.1. The summed E-state index contributed by atoms with van der Waals surface area (Å²) in [6.07, 6.45) is 2.22. The minimum absolute atomic E-state index is 0.429. The Morgan fingerprint density at radius 3 is 2.31 bits per heavy atom. The van der Waals surface area contributed by atoms with Crippen LogP contribution in [-0.4, -0.2) is 16.8 Å². The second-order valence-electron chi connectivity index (χ2n) is 4.54. The predicted octanol–water partition coefficient (Wildman–Crippen LogP) is 3.14. The van der Waals surface area contributed by atoms with Crippen LogP contribution in [0.25, 0.3) is 0 Å². The summed E-state index contributed by atoms with van der Waals surface area (Å²) in [6.45, 7) is 10.9. The first-order chi connectivity index (χ1) is 7.56. The van der Waals surface area contributed by atoms with Crippen LogP contribution in [0.15, 0.2) is 0 Å². The van der Waals surface area contributed by atoms with Gasteiger partial charge in [0.25, 0.3) is 0 Å². The van der Waals surface area contributed by atoms with Gasteiger partial charge in [-0.3, -0.25) is 4.68 Å². The first kappa shape index (κ1) is 13.2. The van der Waals surface area contributed by atoms with Gasteiger partial charge in [-0.2, -0.15) is 5.10 Å². The Hall–Kier alpha value is -0.830. The Balaban J connectivity index is 3.15. The van der Waals surface area contributed by atoms with Crippen LogP contribution in [-0.2, 0) is 0 Å². The third-order valence-corrected chi connectivity index (χ3v) is 3.49. The number of hydrogen-bond donors (Lipinski definition) is 1. The van der Waals surface area contributed by atoms with E-state index < -0.39 is 0 Å². The molecule has 1 rings (SSSR count). The van der Waals surface area contributed by atoms with E-state index in [1.165, 1.54) is 17.0 Å².